The number of hydrogen-bond acceptors (Lipinski definition) is 3. The maximum atomic E-state index is 11.2. The number of thiocarbonyl (C=S) groups is 1. The lowest BCUT2D eigenvalue weighted by Crippen LogP contribution is -2.19. The number of ether oxygens (including phenoxy) is 1. The van der Waals surface area contributed by atoms with Crippen LogP contribution in [0.15, 0.2) is 18.2 Å². The molecule has 0 aliphatic heterocycles. The molecule has 0 radical (unpaired) electrons. The van der Waals surface area contributed by atoms with Gasteiger partial charge in [-0.3, -0.25) is 0 Å². The van der Waals surface area contributed by atoms with Crippen molar-refractivity contribution in [2.24, 2.45) is 5.73 Å². The van der Waals surface area contributed by atoms with E-state index in [0.29, 0.717) is 5.56 Å². The molecule has 3 N–H and O–H groups in total. The van der Waals surface area contributed by atoms with Gasteiger partial charge in [0.05, 0.1) is 12.7 Å². The molecule has 4 nitrogen and oxygen atoms in total. The number of carbonyl (C=O) groups is 1. The van der Waals surface area contributed by atoms with Crippen molar-refractivity contribution in [1.29, 1.82) is 0 Å². The highest BCUT2D eigenvalue weighted by molar-refractivity contribution is 7.80. The molecule has 1 aromatic rings. The molecule has 0 aliphatic carbocycles. The second-order valence-electron chi connectivity index (χ2n) is 3.01. The Hall–Kier alpha value is -1.62. The zero-order chi connectivity index (χ0) is 11.4. The molecule has 0 fully saturated rings. The first-order chi connectivity index (χ1) is 7.04. The maximum Gasteiger partial charge on any atom is 0.337 e. The average molecular weight is 224 g/mol. The lowest BCUT2D eigenvalue weighted by Gasteiger charge is -2.08. The van der Waals surface area contributed by atoms with Crippen LogP contribution in [-0.4, -0.2) is 18.2 Å². The Kier molecular flexibility index (Phi) is 3.62. The summed E-state index contributed by atoms with van der Waals surface area (Å²) in [5.74, 6) is -0.361. The fourth-order valence-corrected chi connectivity index (χ4v) is 1.29. The van der Waals surface area contributed by atoms with Gasteiger partial charge in [0.2, 0.25) is 0 Å². The minimum Gasteiger partial charge on any atom is -0.465 e. The van der Waals surface area contributed by atoms with Gasteiger partial charge in [-0.15, -0.1) is 0 Å². The van der Waals surface area contributed by atoms with Crippen LogP contribution in [-0.2, 0) is 4.74 Å². The van der Waals surface area contributed by atoms with Crippen LogP contribution >= 0.6 is 12.2 Å². The summed E-state index contributed by atoms with van der Waals surface area (Å²) < 4.78 is 4.60. The van der Waals surface area contributed by atoms with E-state index in [1.54, 1.807) is 18.2 Å². The maximum absolute atomic E-state index is 11.2. The first kappa shape index (κ1) is 11.5. The van der Waals surface area contributed by atoms with E-state index in [-0.39, 0.29) is 11.1 Å². The third-order valence-corrected chi connectivity index (χ3v) is 2.01. The van der Waals surface area contributed by atoms with Gasteiger partial charge in [0, 0.05) is 5.69 Å². The van der Waals surface area contributed by atoms with Crippen LogP contribution < -0.4 is 11.1 Å². The van der Waals surface area contributed by atoms with E-state index < -0.39 is 0 Å². The van der Waals surface area contributed by atoms with Crippen molar-refractivity contribution < 1.29 is 9.53 Å². The topological polar surface area (TPSA) is 64.3 Å². The number of benzene rings is 1. The van der Waals surface area contributed by atoms with E-state index in [4.69, 9.17) is 18.0 Å². The SMILES string of the molecule is COC(=O)c1ccc(NC(N)=S)c(C)c1. The first-order valence-electron chi connectivity index (χ1n) is 4.30. The molecular weight excluding hydrogens is 212 g/mol. The standard InChI is InChI=1S/C10H12N2O2S/c1-6-5-7(9(13)14-2)3-4-8(6)12-10(11)15/h3-5H,1-2H3,(H3,11,12,15). The summed E-state index contributed by atoms with van der Waals surface area (Å²) in [5, 5.41) is 3.01. The van der Waals surface area contributed by atoms with E-state index in [2.05, 4.69) is 10.1 Å². The third-order valence-electron chi connectivity index (χ3n) is 1.91. The molecule has 0 amide bonds. The molecular formula is C10H12N2O2S. The number of nitrogens with one attached hydrogen (secondary N) is 1. The summed E-state index contributed by atoms with van der Waals surface area (Å²) in [6, 6.07) is 5.10. The zero-order valence-corrected chi connectivity index (χ0v) is 9.35. The molecule has 0 saturated heterocycles. The van der Waals surface area contributed by atoms with Crippen LogP contribution in [0, 0.1) is 6.92 Å². The Balaban J connectivity index is 2.97. The van der Waals surface area contributed by atoms with Gasteiger partial charge in [-0.1, -0.05) is 0 Å². The van der Waals surface area contributed by atoms with Crippen molar-refractivity contribution in [1.82, 2.24) is 0 Å². The number of aryl methyl sites for hydroxylation is 1. The summed E-state index contributed by atoms with van der Waals surface area (Å²) in [7, 11) is 1.35. The molecule has 0 atom stereocenters. The van der Waals surface area contributed by atoms with Crippen LogP contribution in [0.1, 0.15) is 15.9 Å². The van der Waals surface area contributed by atoms with E-state index in [9.17, 15) is 4.79 Å². The summed E-state index contributed by atoms with van der Waals surface area (Å²) in [5.41, 5.74) is 7.52. The second-order valence-corrected chi connectivity index (χ2v) is 3.45. The molecule has 0 saturated carbocycles. The van der Waals surface area contributed by atoms with Crippen LogP contribution in [0.3, 0.4) is 0 Å². The number of rotatable bonds is 2. The van der Waals surface area contributed by atoms with E-state index in [1.165, 1.54) is 7.11 Å². The van der Waals surface area contributed by atoms with Gasteiger partial charge in [0.25, 0.3) is 0 Å². The zero-order valence-electron chi connectivity index (χ0n) is 8.53. The molecule has 0 unspecified atom stereocenters. The van der Waals surface area contributed by atoms with Gasteiger partial charge < -0.3 is 15.8 Å². The Labute approximate surface area is 93.4 Å². The van der Waals surface area contributed by atoms with Crippen molar-refractivity contribution in [3.63, 3.8) is 0 Å². The van der Waals surface area contributed by atoms with Crippen molar-refractivity contribution in [2.75, 3.05) is 12.4 Å². The molecule has 0 spiro atoms. The van der Waals surface area contributed by atoms with Gasteiger partial charge >= 0.3 is 5.97 Å². The number of carbonyl (C=O) groups excluding carboxylic acids is 1. The molecule has 0 aromatic heterocycles. The Morgan fingerprint density at radius 1 is 1.53 bits per heavy atom. The van der Waals surface area contributed by atoms with E-state index in [1.807, 2.05) is 6.92 Å². The van der Waals surface area contributed by atoms with Gasteiger partial charge in [-0.2, -0.15) is 0 Å². The van der Waals surface area contributed by atoms with Crippen molar-refractivity contribution in [3.05, 3.63) is 29.3 Å². The highest BCUT2D eigenvalue weighted by Crippen LogP contribution is 2.16. The molecule has 80 valence electrons. The first-order valence-corrected chi connectivity index (χ1v) is 4.71. The average Bonchev–Trinajstić information content (AvgIpc) is 2.19. The monoisotopic (exact) mass is 224 g/mol. The Morgan fingerprint density at radius 2 is 2.20 bits per heavy atom. The molecule has 0 aliphatic rings. The van der Waals surface area contributed by atoms with Crippen LogP contribution in [0.2, 0.25) is 0 Å². The van der Waals surface area contributed by atoms with Crippen LogP contribution in [0.25, 0.3) is 0 Å². The Bertz CT molecular complexity index is 404. The van der Waals surface area contributed by atoms with Crippen LogP contribution in [0.4, 0.5) is 5.69 Å². The third kappa shape index (κ3) is 2.92. The summed E-state index contributed by atoms with van der Waals surface area (Å²) in [6.07, 6.45) is 0. The highest BCUT2D eigenvalue weighted by atomic mass is 32.1. The number of anilines is 1. The smallest absolute Gasteiger partial charge is 0.337 e. The molecule has 5 heteroatoms. The van der Waals surface area contributed by atoms with E-state index in [0.717, 1.165) is 11.3 Å². The highest BCUT2D eigenvalue weighted by Gasteiger charge is 2.07. The quantitative estimate of drug-likeness (QED) is 0.588. The van der Waals surface area contributed by atoms with E-state index >= 15 is 0 Å². The second kappa shape index (κ2) is 4.75. The number of hydrogen-bond donors (Lipinski definition) is 2. The van der Waals surface area contributed by atoms with Crippen molar-refractivity contribution >= 4 is 29.0 Å². The van der Waals surface area contributed by atoms with Gasteiger partial charge in [0.15, 0.2) is 5.11 Å². The molecule has 1 rings (SSSR count). The normalized spacial score (nSPS) is 9.47. The number of esters is 1. The molecule has 0 bridgehead atoms. The molecule has 1 aromatic carbocycles. The summed E-state index contributed by atoms with van der Waals surface area (Å²) in [4.78, 5) is 11.2. The van der Waals surface area contributed by atoms with Crippen molar-refractivity contribution in [3.8, 4) is 0 Å². The van der Waals surface area contributed by atoms with Crippen molar-refractivity contribution in [2.45, 2.75) is 6.92 Å². The number of nitrogens with two attached hydrogens (primary N) is 1. The minimum absolute atomic E-state index is 0.198. The lowest BCUT2D eigenvalue weighted by atomic mass is 10.1. The lowest BCUT2D eigenvalue weighted by molar-refractivity contribution is 0.0600. The summed E-state index contributed by atoms with van der Waals surface area (Å²) in [6.45, 7) is 1.85. The predicted molar refractivity (Wildman–Crippen MR) is 62.9 cm³/mol. The largest absolute Gasteiger partial charge is 0.465 e. The number of methoxy groups -OCH3 is 1. The van der Waals surface area contributed by atoms with Gasteiger partial charge in [0.1, 0.15) is 0 Å². The van der Waals surface area contributed by atoms with Gasteiger partial charge in [-0.05, 0) is 42.9 Å². The Morgan fingerprint density at radius 3 is 2.67 bits per heavy atom. The summed E-state index contributed by atoms with van der Waals surface area (Å²) >= 11 is 4.72. The molecule has 0 heterocycles. The molecule has 15 heavy (non-hydrogen) atoms. The van der Waals surface area contributed by atoms with Gasteiger partial charge in [-0.25, -0.2) is 4.79 Å². The fourth-order valence-electron chi connectivity index (χ4n) is 1.18. The minimum atomic E-state index is -0.361. The van der Waals surface area contributed by atoms with Crippen LogP contribution in [0.5, 0.6) is 0 Å². The fraction of sp³-hybridized carbons (Fsp3) is 0.200. The predicted octanol–water partition coefficient (Wildman–Crippen LogP) is 1.44.